The standard InChI is InChI=1S/C39H26N2OS/c1-2-8-27(9-3-1)41(29-19-20-31-30-10-5-7-13-37(30)43-38(31)23-29)28-17-14-25(15-18-28)26-16-21-36-33(22-26)34-24-40-35-12-6-4-11-32(35)39(34)42-36/h1-23,40H,24H2. The average molecular weight is 571 g/mol. The molecule has 1 N–H and O–H groups in total. The Morgan fingerprint density at radius 2 is 1.28 bits per heavy atom. The lowest BCUT2D eigenvalue weighted by Gasteiger charge is -2.25. The zero-order valence-corrected chi connectivity index (χ0v) is 24.1. The summed E-state index contributed by atoms with van der Waals surface area (Å²) in [5, 5.41) is 7.36. The van der Waals surface area contributed by atoms with Crippen molar-refractivity contribution in [2.45, 2.75) is 6.54 Å². The number of hydrogen-bond acceptors (Lipinski definition) is 4. The Bertz CT molecular complexity index is 2300. The van der Waals surface area contributed by atoms with Crippen molar-refractivity contribution in [1.82, 2.24) is 0 Å². The molecule has 1 aliphatic rings. The number of furan rings is 1. The van der Waals surface area contributed by atoms with Gasteiger partial charge in [-0.15, -0.1) is 11.3 Å². The van der Waals surface area contributed by atoms with Crippen LogP contribution in [0.15, 0.2) is 144 Å². The number of thiophene rings is 1. The van der Waals surface area contributed by atoms with Crippen molar-refractivity contribution in [2.24, 2.45) is 0 Å². The number of hydrogen-bond donors (Lipinski definition) is 1. The van der Waals surface area contributed by atoms with Crippen molar-refractivity contribution in [3.05, 3.63) is 145 Å². The van der Waals surface area contributed by atoms with Crippen LogP contribution in [0, 0.1) is 0 Å². The molecule has 8 aromatic rings. The van der Waals surface area contributed by atoms with Gasteiger partial charge in [-0.2, -0.15) is 0 Å². The van der Waals surface area contributed by atoms with Crippen LogP contribution in [-0.4, -0.2) is 0 Å². The van der Waals surface area contributed by atoms with Crippen molar-refractivity contribution >= 4 is 65.2 Å². The minimum atomic E-state index is 0.762. The topological polar surface area (TPSA) is 28.4 Å². The lowest BCUT2D eigenvalue weighted by atomic mass is 9.98. The summed E-state index contributed by atoms with van der Waals surface area (Å²) < 4.78 is 8.98. The first-order valence-corrected chi connectivity index (χ1v) is 15.4. The van der Waals surface area contributed by atoms with Gasteiger partial charge in [0, 0.05) is 66.0 Å². The van der Waals surface area contributed by atoms with E-state index in [4.69, 9.17) is 4.42 Å². The minimum absolute atomic E-state index is 0.762. The number of nitrogens with zero attached hydrogens (tertiary/aromatic N) is 1. The molecule has 6 aromatic carbocycles. The summed E-state index contributed by atoms with van der Waals surface area (Å²) in [4.78, 5) is 2.34. The highest BCUT2D eigenvalue weighted by molar-refractivity contribution is 7.25. The molecule has 0 amide bonds. The molecule has 0 atom stereocenters. The van der Waals surface area contributed by atoms with Crippen molar-refractivity contribution in [1.29, 1.82) is 0 Å². The number of anilines is 4. The molecule has 0 radical (unpaired) electrons. The van der Waals surface area contributed by atoms with Gasteiger partial charge >= 0.3 is 0 Å². The van der Waals surface area contributed by atoms with Gasteiger partial charge in [-0.3, -0.25) is 0 Å². The fourth-order valence-corrected chi connectivity index (χ4v) is 7.56. The van der Waals surface area contributed by atoms with Crippen LogP contribution in [0.2, 0.25) is 0 Å². The maximum atomic E-state index is 6.36. The van der Waals surface area contributed by atoms with Gasteiger partial charge in [0.1, 0.15) is 11.3 Å². The predicted molar refractivity (Wildman–Crippen MR) is 182 cm³/mol. The largest absolute Gasteiger partial charge is 0.456 e. The second-order valence-electron chi connectivity index (χ2n) is 11.0. The highest BCUT2D eigenvalue weighted by atomic mass is 32.1. The van der Waals surface area contributed by atoms with Crippen molar-refractivity contribution in [3.8, 4) is 22.5 Å². The molecule has 3 nitrogen and oxygen atoms in total. The summed E-state index contributed by atoms with van der Waals surface area (Å²) in [5.74, 6) is 0.978. The van der Waals surface area contributed by atoms with Crippen LogP contribution in [0.1, 0.15) is 5.56 Å². The first kappa shape index (κ1) is 24.3. The van der Waals surface area contributed by atoms with Crippen LogP contribution < -0.4 is 10.2 Å². The molecular formula is C39H26N2OS. The molecule has 4 heteroatoms. The van der Waals surface area contributed by atoms with E-state index < -0.39 is 0 Å². The molecule has 43 heavy (non-hydrogen) atoms. The molecule has 204 valence electrons. The number of rotatable bonds is 4. The molecule has 2 aromatic heterocycles. The quantitative estimate of drug-likeness (QED) is 0.228. The Balaban J connectivity index is 1.11. The predicted octanol–water partition coefficient (Wildman–Crippen LogP) is 11.5. The monoisotopic (exact) mass is 570 g/mol. The maximum Gasteiger partial charge on any atom is 0.142 e. The Labute approximate surface area is 253 Å². The molecule has 3 heterocycles. The molecule has 0 spiro atoms. The Morgan fingerprint density at radius 1 is 0.558 bits per heavy atom. The van der Waals surface area contributed by atoms with Gasteiger partial charge in [0.05, 0.1) is 0 Å². The molecule has 9 rings (SSSR count). The normalized spacial score (nSPS) is 12.3. The van der Waals surface area contributed by atoms with Gasteiger partial charge in [-0.1, -0.05) is 72.8 Å². The summed E-state index contributed by atoms with van der Waals surface area (Å²) in [6.45, 7) is 0.762. The third-order valence-electron chi connectivity index (χ3n) is 8.51. The van der Waals surface area contributed by atoms with E-state index in [0.29, 0.717) is 0 Å². The molecular weight excluding hydrogens is 545 g/mol. The minimum Gasteiger partial charge on any atom is -0.456 e. The summed E-state index contributed by atoms with van der Waals surface area (Å²) >= 11 is 1.85. The van der Waals surface area contributed by atoms with Gasteiger partial charge in [0.25, 0.3) is 0 Å². The van der Waals surface area contributed by atoms with Crippen molar-refractivity contribution < 1.29 is 4.42 Å². The van der Waals surface area contributed by atoms with Crippen LogP contribution in [-0.2, 0) is 6.54 Å². The van der Waals surface area contributed by atoms with Crippen molar-refractivity contribution in [3.63, 3.8) is 0 Å². The van der Waals surface area contributed by atoms with Crippen LogP contribution >= 0.6 is 11.3 Å². The maximum absolute atomic E-state index is 6.36. The molecule has 0 aliphatic carbocycles. The van der Waals surface area contributed by atoms with E-state index in [1.807, 2.05) is 11.3 Å². The molecule has 0 saturated carbocycles. The van der Waals surface area contributed by atoms with E-state index in [9.17, 15) is 0 Å². The number of para-hydroxylation sites is 2. The highest BCUT2D eigenvalue weighted by Gasteiger charge is 2.22. The van der Waals surface area contributed by atoms with Gasteiger partial charge in [-0.25, -0.2) is 0 Å². The Morgan fingerprint density at radius 3 is 2.19 bits per heavy atom. The average Bonchev–Trinajstić information content (AvgIpc) is 3.63. The Kier molecular flexibility index (Phi) is 5.43. The molecule has 0 unspecified atom stereocenters. The van der Waals surface area contributed by atoms with E-state index in [1.54, 1.807) is 0 Å². The molecule has 0 fully saturated rings. The van der Waals surface area contributed by atoms with Gasteiger partial charge in [-0.05, 0) is 77.9 Å². The molecule has 0 bridgehead atoms. The van der Waals surface area contributed by atoms with E-state index in [0.717, 1.165) is 46.2 Å². The van der Waals surface area contributed by atoms with E-state index in [2.05, 4.69) is 150 Å². The van der Waals surface area contributed by atoms with Crippen LogP contribution in [0.25, 0.3) is 53.6 Å². The lowest BCUT2D eigenvalue weighted by Crippen LogP contribution is -2.09. The smallest absolute Gasteiger partial charge is 0.142 e. The number of benzene rings is 6. The third kappa shape index (κ3) is 3.95. The van der Waals surface area contributed by atoms with E-state index >= 15 is 0 Å². The second kappa shape index (κ2) is 9.62. The van der Waals surface area contributed by atoms with Crippen LogP contribution in [0.4, 0.5) is 22.7 Å². The summed E-state index contributed by atoms with van der Waals surface area (Å²) in [7, 11) is 0. The fourth-order valence-electron chi connectivity index (χ4n) is 6.42. The molecule has 0 saturated heterocycles. The van der Waals surface area contributed by atoms with Gasteiger partial charge in [0.15, 0.2) is 0 Å². The van der Waals surface area contributed by atoms with Gasteiger partial charge < -0.3 is 14.6 Å². The summed E-state index contributed by atoms with van der Waals surface area (Å²) in [5.41, 5.74) is 10.2. The third-order valence-corrected chi connectivity index (χ3v) is 9.65. The number of nitrogens with one attached hydrogen (secondary N) is 1. The van der Waals surface area contributed by atoms with Gasteiger partial charge in [0.2, 0.25) is 0 Å². The van der Waals surface area contributed by atoms with E-state index in [1.165, 1.54) is 42.2 Å². The zero-order chi connectivity index (χ0) is 28.3. The van der Waals surface area contributed by atoms with E-state index in [-0.39, 0.29) is 0 Å². The number of fused-ring (bicyclic) bond motifs is 8. The second-order valence-corrected chi connectivity index (χ2v) is 12.1. The van der Waals surface area contributed by atoms with Crippen LogP contribution in [0.5, 0.6) is 0 Å². The SMILES string of the molecule is c1ccc(N(c2ccc(-c3ccc4oc5c(c4c3)CNc3ccccc3-5)cc2)c2ccc3c(c2)sc2ccccc23)cc1. The first-order valence-electron chi connectivity index (χ1n) is 14.6. The van der Waals surface area contributed by atoms with Crippen LogP contribution in [0.3, 0.4) is 0 Å². The Hall–Kier alpha value is -5.32. The first-order chi connectivity index (χ1) is 21.3. The summed E-state index contributed by atoms with van der Waals surface area (Å²) in [6, 6.07) is 49.9. The zero-order valence-electron chi connectivity index (χ0n) is 23.2. The molecule has 1 aliphatic heterocycles. The lowest BCUT2D eigenvalue weighted by molar-refractivity contribution is 0.626. The summed E-state index contributed by atoms with van der Waals surface area (Å²) in [6.07, 6.45) is 0. The fraction of sp³-hybridized carbons (Fsp3) is 0.0256. The van der Waals surface area contributed by atoms with Crippen molar-refractivity contribution in [2.75, 3.05) is 10.2 Å². The highest BCUT2D eigenvalue weighted by Crippen LogP contribution is 2.43.